The second-order valence-corrected chi connectivity index (χ2v) is 15.8. The molecule has 1 saturated carbocycles. The Labute approximate surface area is 261 Å². The highest BCUT2D eigenvalue weighted by Crippen LogP contribution is 2.48. The van der Waals surface area contributed by atoms with Crippen LogP contribution in [0.1, 0.15) is 77.3 Å². The van der Waals surface area contributed by atoms with E-state index in [1.807, 2.05) is 39.0 Å². The van der Waals surface area contributed by atoms with Gasteiger partial charge in [-0.15, -0.1) is 0 Å². The van der Waals surface area contributed by atoms with Gasteiger partial charge in [0, 0.05) is 37.6 Å². The van der Waals surface area contributed by atoms with E-state index in [1.54, 1.807) is 13.8 Å². The summed E-state index contributed by atoms with van der Waals surface area (Å²) in [6, 6.07) is 12.1. The number of carbonyl (C=O) groups excluding carboxylic acids is 1. The lowest BCUT2D eigenvalue weighted by Crippen LogP contribution is -2.55. The van der Waals surface area contributed by atoms with Gasteiger partial charge < -0.3 is 23.7 Å². The van der Waals surface area contributed by atoms with Gasteiger partial charge in [0.2, 0.25) is 15.9 Å². The number of ether oxygens (including phenoxy) is 5. The van der Waals surface area contributed by atoms with Gasteiger partial charge in [0.1, 0.15) is 6.61 Å². The molecule has 1 aromatic carbocycles. The van der Waals surface area contributed by atoms with E-state index in [0.717, 1.165) is 22.4 Å². The van der Waals surface area contributed by atoms with Crippen molar-refractivity contribution in [2.24, 2.45) is 0 Å². The normalized spacial score (nSPS) is 26.0. The molecule has 11 heteroatoms. The average molecular weight is 631 g/mol. The van der Waals surface area contributed by atoms with Crippen molar-refractivity contribution >= 4 is 16.0 Å². The summed E-state index contributed by atoms with van der Waals surface area (Å²) in [5.41, 5.74) is 3.88. The number of sulfonamides is 1. The molecule has 2 aliphatic heterocycles. The van der Waals surface area contributed by atoms with Crippen LogP contribution < -0.4 is 4.74 Å². The number of rotatable bonds is 9. The molecule has 0 N–H and O–H groups in total. The van der Waals surface area contributed by atoms with Crippen LogP contribution in [0.4, 0.5) is 0 Å². The standard InChI is InChI=1S/C33H46N2O8S/c1-22-19-24(11-12-25(22)26-9-8-10-29(34-26)40-17-18-41-31(2,3)4)23-13-15-35(16-14-23)44(37,38)33(30(36)39-7)20-27-28(21-33)43-32(5,6)42-27/h8-12,19,23,27-28H,13-18,20-21H2,1-7H3/t27-,28+,33?. The van der Waals surface area contributed by atoms with Crippen LogP contribution in [0.15, 0.2) is 36.4 Å². The average Bonchev–Trinajstić information content (AvgIpc) is 3.46. The quantitative estimate of drug-likeness (QED) is 0.279. The number of esters is 1. The summed E-state index contributed by atoms with van der Waals surface area (Å²) >= 11 is 0. The summed E-state index contributed by atoms with van der Waals surface area (Å²) in [6.07, 6.45) is 0.425. The lowest BCUT2D eigenvalue weighted by atomic mass is 9.88. The summed E-state index contributed by atoms with van der Waals surface area (Å²) in [7, 11) is -2.78. The van der Waals surface area contributed by atoms with E-state index in [4.69, 9.17) is 28.7 Å². The van der Waals surface area contributed by atoms with Crippen LogP contribution in [0, 0.1) is 6.92 Å². The largest absolute Gasteiger partial charge is 0.475 e. The number of piperidine rings is 1. The van der Waals surface area contributed by atoms with Crippen LogP contribution in [-0.2, 0) is 33.8 Å². The van der Waals surface area contributed by atoms with Crippen LogP contribution in [0.5, 0.6) is 5.88 Å². The summed E-state index contributed by atoms with van der Waals surface area (Å²) in [5.74, 6) is -0.799. The lowest BCUT2D eigenvalue weighted by Gasteiger charge is -2.37. The number of pyridine rings is 1. The van der Waals surface area contributed by atoms with E-state index in [0.29, 0.717) is 45.0 Å². The fourth-order valence-corrected chi connectivity index (χ4v) is 8.93. The van der Waals surface area contributed by atoms with Gasteiger partial charge in [0.15, 0.2) is 10.5 Å². The van der Waals surface area contributed by atoms with Gasteiger partial charge in [-0.3, -0.25) is 4.79 Å². The summed E-state index contributed by atoms with van der Waals surface area (Å²) in [4.78, 5) is 17.8. The second kappa shape index (κ2) is 12.3. The molecule has 5 rings (SSSR count). The Morgan fingerprint density at radius 3 is 2.30 bits per heavy atom. The van der Waals surface area contributed by atoms with Gasteiger partial charge in [0.05, 0.1) is 37.2 Å². The van der Waals surface area contributed by atoms with Gasteiger partial charge in [0.25, 0.3) is 0 Å². The van der Waals surface area contributed by atoms with Crippen molar-refractivity contribution in [3.63, 3.8) is 0 Å². The Hall–Kier alpha value is -2.57. The summed E-state index contributed by atoms with van der Waals surface area (Å²) in [6.45, 7) is 13.2. The smallest absolute Gasteiger partial charge is 0.328 e. The number of aryl methyl sites for hydroxylation is 1. The number of benzene rings is 1. The van der Waals surface area contributed by atoms with Crippen LogP contribution in [0.2, 0.25) is 0 Å². The van der Waals surface area contributed by atoms with Crippen molar-refractivity contribution in [1.82, 2.24) is 9.29 Å². The Morgan fingerprint density at radius 1 is 1.05 bits per heavy atom. The number of hydrogen-bond donors (Lipinski definition) is 0. The van der Waals surface area contributed by atoms with Gasteiger partial charge in [-0.2, -0.15) is 0 Å². The molecule has 44 heavy (non-hydrogen) atoms. The number of carbonyl (C=O) groups is 1. The molecule has 242 valence electrons. The molecule has 1 aromatic heterocycles. The van der Waals surface area contributed by atoms with Crippen molar-refractivity contribution in [1.29, 1.82) is 0 Å². The summed E-state index contributed by atoms with van der Waals surface area (Å²) < 4.78 is 56.3. The van der Waals surface area contributed by atoms with Crippen molar-refractivity contribution in [2.75, 3.05) is 33.4 Å². The number of nitrogens with zero attached hydrogens (tertiary/aromatic N) is 2. The molecule has 0 bridgehead atoms. The highest BCUT2D eigenvalue weighted by Gasteiger charge is 2.65. The topological polar surface area (TPSA) is 113 Å². The maximum absolute atomic E-state index is 14.0. The molecule has 2 saturated heterocycles. The van der Waals surface area contributed by atoms with Gasteiger partial charge in [-0.25, -0.2) is 17.7 Å². The van der Waals surface area contributed by atoms with Gasteiger partial charge >= 0.3 is 5.97 Å². The van der Waals surface area contributed by atoms with Gasteiger partial charge in [-0.1, -0.05) is 24.3 Å². The minimum Gasteiger partial charge on any atom is -0.475 e. The molecule has 1 unspecified atom stereocenters. The van der Waals surface area contributed by atoms with Crippen LogP contribution in [-0.4, -0.2) is 85.4 Å². The maximum atomic E-state index is 14.0. The van der Waals surface area contributed by atoms with Gasteiger partial charge in [-0.05, 0) is 77.5 Å². The molecule has 0 radical (unpaired) electrons. The zero-order chi connectivity index (χ0) is 31.9. The van der Waals surface area contributed by atoms with E-state index in [2.05, 4.69) is 25.1 Å². The molecule has 2 aromatic rings. The monoisotopic (exact) mass is 630 g/mol. The number of aromatic nitrogens is 1. The van der Waals surface area contributed by atoms with Crippen LogP contribution in [0.25, 0.3) is 11.3 Å². The second-order valence-electron chi connectivity index (χ2n) is 13.5. The van der Waals surface area contributed by atoms with Crippen LogP contribution >= 0.6 is 0 Å². The predicted molar refractivity (Wildman–Crippen MR) is 166 cm³/mol. The molecule has 10 nitrogen and oxygen atoms in total. The van der Waals surface area contributed by atoms with Crippen molar-refractivity contribution in [3.05, 3.63) is 47.5 Å². The first-order valence-corrected chi connectivity index (χ1v) is 16.9. The molecule has 3 heterocycles. The predicted octanol–water partition coefficient (Wildman–Crippen LogP) is 4.99. The zero-order valence-electron chi connectivity index (χ0n) is 26.9. The Kier molecular flexibility index (Phi) is 9.19. The molecular formula is C33H46N2O8S. The molecule has 0 amide bonds. The molecule has 0 spiro atoms. The van der Waals surface area contributed by atoms with Crippen molar-refractivity contribution < 1.29 is 36.9 Å². The third-order valence-electron chi connectivity index (χ3n) is 8.78. The first kappa shape index (κ1) is 32.8. The molecule has 1 aliphatic carbocycles. The first-order valence-electron chi connectivity index (χ1n) is 15.4. The van der Waals surface area contributed by atoms with E-state index in [9.17, 15) is 13.2 Å². The third-order valence-corrected chi connectivity index (χ3v) is 11.3. The minimum absolute atomic E-state index is 0.0294. The molecular weight excluding hydrogens is 584 g/mol. The summed E-state index contributed by atoms with van der Waals surface area (Å²) in [5, 5.41) is 0. The third kappa shape index (κ3) is 6.67. The Bertz CT molecular complexity index is 1440. The fraction of sp³-hybridized carbons (Fsp3) is 0.636. The van der Waals surface area contributed by atoms with Crippen molar-refractivity contribution in [2.45, 2.75) is 101 Å². The van der Waals surface area contributed by atoms with Crippen molar-refractivity contribution in [3.8, 4) is 17.1 Å². The number of hydrogen-bond acceptors (Lipinski definition) is 9. The highest BCUT2D eigenvalue weighted by atomic mass is 32.2. The Balaban J connectivity index is 1.24. The fourth-order valence-electron chi connectivity index (χ4n) is 6.70. The van der Waals surface area contributed by atoms with E-state index < -0.39 is 38.7 Å². The molecule has 3 fully saturated rings. The first-order chi connectivity index (χ1) is 20.6. The zero-order valence-corrected chi connectivity index (χ0v) is 27.7. The van der Waals surface area contributed by atoms with E-state index in [1.165, 1.54) is 11.4 Å². The number of methoxy groups -OCH3 is 1. The number of fused-ring (bicyclic) bond motifs is 1. The molecule has 3 atom stereocenters. The minimum atomic E-state index is -4.02. The van der Waals surface area contributed by atoms with Crippen LogP contribution in [0.3, 0.4) is 0 Å². The maximum Gasteiger partial charge on any atom is 0.328 e. The lowest BCUT2D eigenvalue weighted by molar-refractivity contribution is -0.160. The van der Waals surface area contributed by atoms with E-state index >= 15 is 0 Å². The SMILES string of the molecule is COC(=O)C1(S(=O)(=O)N2CCC(c3ccc(-c4cccc(OCCOC(C)(C)C)n4)c(C)c3)CC2)C[C@@H]2OC(C)(C)O[C@@H]2C1. The van der Waals surface area contributed by atoms with E-state index in [-0.39, 0.29) is 24.4 Å². The highest BCUT2D eigenvalue weighted by molar-refractivity contribution is 7.91. The molecule has 3 aliphatic rings. The Morgan fingerprint density at radius 2 is 1.70 bits per heavy atom.